The fourth-order valence-corrected chi connectivity index (χ4v) is 8.27. The van der Waals surface area contributed by atoms with Crippen molar-refractivity contribution >= 4 is 17.8 Å². The van der Waals surface area contributed by atoms with Gasteiger partial charge in [-0.1, -0.05) is 49.1 Å². The molecule has 5 aliphatic rings. The van der Waals surface area contributed by atoms with Gasteiger partial charge in [-0.3, -0.25) is 10.3 Å². The van der Waals surface area contributed by atoms with Gasteiger partial charge in [0.15, 0.2) is 5.83 Å². The molecule has 0 radical (unpaired) electrons. The van der Waals surface area contributed by atoms with Crippen molar-refractivity contribution in [3.8, 4) is 0 Å². The number of allylic oxidation sites excluding steroid dienone is 2. The van der Waals surface area contributed by atoms with E-state index in [1.165, 1.54) is 77.0 Å². The molecule has 6 rings (SSSR count). The van der Waals surface area contributed by atoms with E-state index in [4.69, 9.17) is 11.6 Å². The second kappa shape index (κ2) is 12.2. The highest BCUT2D eigenvalue weighted by Crippen LogP contribution is 2.59. The average molecular weight is 529 g/mol. The third-order valence-electron chi connectivity index (χ3n) is 9.81. The Labute approximate surface area is 228 Å². The van der Waals surface area contributed by atoms with Gasteiger partial charge in [0, 0.05) is 29.9 Å². The number of nitrogens with one attached hydrogen (secondary N) is 3. The molecule has 1 aromatic rings. The maximum absolute atomic E-state index is 14.9. The molecule has 4 bridgehead atoms. The molecule has 5 fully saturated rings. The van der Waals surface area contributed by atoms with Crippen molar-refractivity contribution < 1.29 is 4.39 Å². The number of halogens is 2. The van der Waals surface area contributed by atoms with E-state index < -0.39 is 0 Å². The zero-order chi connectivity index (χ0) is 25.8. The fraction of sp³-hybridized carbons (Fsp3) is 0.710. The van der Waals surface area contributed by atoms with Crippen LogP contribution < -0.4 is 16.0 Å². The lowest BCUT2D eigenvalue weighted by molar-refractivity contribution is -0.0750. The van der Waals surface area contributed by atoms with Gasteiger partial charge in [0.2, 0.25) is 0 Å². The van der Waals surface area contributed by atoms with Gasteiger partial charge in [0.05, 0.1) is 12.4 Å². The highest BCUT2D eigenvalue weighted by atomic mass is 35.5. The molecule has 6 heteroatoms. The third-order valence-corrected chi connectivity index (χ3v) is 10.2. The number of nitrogens with zero attached hydrogens (tertiary/aromatic N) is 1. The van der Waals surface area contributed by atoms with Gasteiger partial charge in [0.25, 0.3) is 0 Å². The summed E-state index contributed by atoms with van der Waals surface area (Å²) in [4.78, 5) is 4.37. The SMILES string of the molecule is C/C(NCC12CC3C[C@H](C1)C(NCC1CCCCC1)[C@@H](C3)C2)=C(F)\C=N/C(C)NCc1ccccc1Cl. The molecule has 0 saturated heterocycles. The molecular formula is C31H46ClFN4. The lowest BCUT2D eigenvalue weighted by atomic mass is 9.48. The Hall–Kier alpha value is -1.43. The Morgan fingerprint density at radius 3 is 2.59 bits per heavy atom. The molecule has 0 aromatic heterocycles. The van der Waals surface area contributed by atoms with Gasteiger partial charge >= 0.3 is 0 Å². The van der Waals surface area contributed by atoms with E-state index in [1.807, 2.05) is 38.1 Å². The number of aliphatic imine (C=N–C) groups is 1. The van der Waals surface area contributed by atoms with E-state index >= 15 is 0 Å². The van der Waals surface area contributed by atoms with Crippen LogP contribution in [0.2, 0.25) is 5.02 Å². The standard InChI is InChI=1S/C31H46ClFN4/c1-21(29(33)19-35-22(2)34-18-25-10-6-7-11-28(25)32)37-20-31-14-24-12-26(15-31)30(27(13-24)16-31)36-17-23-8-4-3-5-9-23/h6-7,10-11,19,22-24,26-27,30,34,36-37H,3-5,8-9,12-18,20H2,1-2H3/b29-21-,35-19-/t22?,24?,26-,27+,30?,31?. The summed E-state index contributed by atoms with van der Waals surface area (Å²) in [5.41, 5.74) is 1.95. The van der Waals surface area contributed by atoms with Crippen molar-refractivity contribution in [3.63, 3.8) is 0 Å². The van der Waals surface area contributed by atoms with E-state index in [-0.39, 0.29) is 12.0 Å². The summed E-state index contributed by atoms with van der Waals surface area (Å²) in [6, 6.07) is 8.46. The van der Waals surface area contributed by atoms with Crippen LogP contribution in [0.25, 0.3) is 0 Å². The van der Waals surface area contributed by atoms with Crippen LogP contribution in [0.1, 0.15) is 83.6 Å². The first-order valence-electron chi connectivity index (χ1n) is 14.7. The normalized spacial score (nSPS) is 33.1. The van der Waals surface area contributed by atoms with Crippen molar-refractivity contribution in [1.82, 2.24) is 16.0 Å². The van der Waals surface area contributed by atoms with Crippen LogP contribution >= 0.6 is 11.6 Å². The number of hydrogen-bond acceptors (Lipinski definition) is 4. The molecule has 4 unspecified atom stereocenters. The van der Waals surface area contributed by atoms with Gasteiger partial charge < -0.3 is 10.6 Å². The van der Waals surface area contributed by atoms with Crippen molar-refractivity contribution in [1.29, 1.82) is 0 Å². The molecule has 6 atom stereocenters. The summed E-state index contributed by atoms with van der Waals surface area (Å²) in [5.74, 6) is 3.10. The van der Waals surface area contributed by atoms with Gasteiger partial charge in [-0.25, -0.2) is 4.39 Å². The Balaban J connectivity index is 1.10. The zero-order valence-electron chi connectivity index (χ0n) is 22.7. The molecule has 4 nitrogen and oxygen atoms in total. The maximum Gasteiger partial charge on any atom is 0.159 e. The largest absolute Gasteiger partial charge is 0.386 e. The predicted octanol–water partition coefficient (Wildman–Crippen LogP) is 7.00. The first-order chi connectivity index (χ1) is 17.9. The van der Waals surface area contributed by atoms with Gasteiger partial charge in [-0.05, 0) is 106 Å². The number of benzene rings is 1. The molecule has 0 amide bonds. The van der Waals surface area contributed by atoms with Crippen LogP contribution in [0.5, 0.6) is 0 Å². The molecule has 3 N–H and O–H groups in total. The summed E-state index contributed by atoms with van der Waals surface area (Å²) < 4.78 is 14.9. The topological polar surface area (TPSA) is 48.5 Å². The van der Waals surface area contributed by atoms with E-state index in [0.717, 1.165) is 40.8 Å². The summed E-state index contributed by atoms with van der Waals surface area (Å²) in [6.07, 6.45) is 15.0. The highest BCUT2D eigenvalue weighted by molar-refractivity contribution is 6.31. The quantitative estimate of drug-likeness (QED) is 0.271. The smallest absolute Gasteiger partial charge is 0.159 e. The van der Waals surface area contributed by atoms with Crippen LogP contribution in [-0.4, -0.2) is 31.5 Å². The van der Waals surface area contributed by atoms with Crippen LogP contribution in [0, 0.1) is 29.1 Å². The van der Waals surface area contributed by atoms with Gasteiger partial charge in [-0.15, -0.1) is 0 Å². The molecule has 0 aliphatic heterocycles. The van der Waals surface area contributed by atoms with Crippen LogP contribution in [0.4, 0.5) is 4.39 Å². The Morgan fingerprint density at radius 2 is 1.86 bits per heavy atom. The molecule has 0 heterocycles. The van der Waals surface area contributed by atoms with E-state index in [9.17, 15) is 4.39 Å². The van der Waals surface area contributed by atoms with Crippen molar-refractivity contribution in [2.75, 3.05) is 13.1 Å². The highest BCUT2D eigenvalue weighted by Gasteiger charge is 2.55. The summed E-state index contributed by atoms with van der Waals surface area (Å²) in [5, 5.41) is 11.6. The zero-order valence-corrected chi connectivity index (χ0v) is 23.5. The van der Waals surface area contributed by atoms with E-state index in [1.54, 1.807) is 0 Å². The monoisotopic (exact) mass is 528 g/mol. The van der Waals surface area contributed by atoms with Crippen LogP contribution in [0.15, 0.2) is 40.8 Å². The Kier molecular flexibility index (Phi) is 8.93. The second-order valence-electron chi connectivity index (χ2n) is 12.7. The molecule has 5 aliphatic carbocycles. The van der Waals surface area contributed by atoms with Crippen LogP contribution in [-0.2, 0) is 6.54 Å². The first-order valence-corrected chi connectivity index (χ1v) is 15.1. The predicted molar refractivity (Wildman–Crippen MR) is 152 cm³/mol. The number of hydrogen-bond donors (Lipinski definition) is 3. The Bertz CT molecular complexity index is 956. The van der Waals surface area contributed by atoms with Crippen molar-refractivity contribution in [2.24, 2.45) is 34.1 Å². The van der Waals surface area contributed by atoms with E-state index in [0.29, 0.717) is 23.7 Å². The molecule has 0 spiro atoms. The van der Waals surface area contributed by atoms with Crippen LogP contribution in [0.3, 0.4) is 0 Å². The summed E-state index contributed by atoms with van der Waals surface area (Å²) >= 11 is 6.22. The summed E-state index contributed by atoms with van der Waals surface area (Å²) in [6.45, 7) is 6.49. The first kappa shape index (κ1) is 27.1. The molecule has 5 saturated carbocycles. The minimum absolute atomic E-state index is 0.198. The lowest BCUT2D eigenvalue weighted by Crippen LogP contribution is -2.60. The Morgan fingerprint density at radius 1 is 1.14 bits per heavy atom. The van der Waals surface area contributed by atoms with E-state index in [2.05, 4.69) is 20.9 Å². The van der Waals surface area contributed by atoms with Crippen molar-refractivity contribution in [3.05, 3.63) is 46.4 Å². The van der Waals surface area contributed by atoms with Gasteiger partial charge in [0.1, 0.15) is 0 Å². The lowest BCUT2D eigenvalue weighted by Gasteiger charge is -2.60. The molecule has 37 heavy (non-hydrogen) atoms. The van der Waals surface area contributed by atoms with Gasteiger partial charge in [-0.2, -0.15) is 0 Å². The summed E-state index contributed by atoms with van der Waals surface area (Å²) in [7, 11) is 0. The molecule has 1 aromatic carbocycles. The number of rotatable bonds is 11. The second-order valence-corrected chi connectivity index (χ2v) is 13.1. The minimum atomic E-state index is -0.275. The fourth-order valence-electron chi connectivity index (χ4n) is 8.07. The maximum atomic E-state index is 14.9. The molecular weight excluding hydrogens is 483 g/mol. The minimum Gasteiger partial charge on any atom is -0.386 e. The third kappa shape index (κ3) is 6.78. The van der Waals surface area contributed by atoms with Crippen molar-refractivity contribution in [2.45, 2.75) is 96.8 Å². The molecule has 204 valence electrons. The average Bonchev–Trinajstić information content (AvgIpc) is 2.90.